The summed E-state index contributed by atoms with van der Waals surface area (Å²) in [5, 5.41) is 0.541. The summed E-state index contributed by atoms with van der Waals surface area (Å²) in [6, 6.07) is 6.45. The monoisotopic (exact) mass is 288 g/mol. The van der Waals surface area contributed by atoms with E-state index in [2.05, 4.69) is 57.8 Å². The molecule has 0 bridgehead atoms. The molecule has 1 aromatic carbocycles. The van der Waals surface area contributed by atoms with Crippen molar-refractivity contribution in [3.63, 3.8) is 0 Å². The number of aromatic nitrogens is 2. The molecule has 0 unspecified atom stereocenters. The summed E-state index contributed by atoms with van der Waals surface area (Å²) in [7, 11) is 0. The third-order valence-corrected chi connectivity index (χ3v) is 3.62. The second-order valence-corrected chi connectivity index (χ2v) is 6.80. The fourth-order valence-corrected chi connectivity index (χ4v) is 2.39. The zero-order valence-electron chi connectivity index (χ0n) is 13.0. The third-order valence-electron chi connectivity index (χ3n) is 3.25. The summed E-state index contributed by atoms with van der Waals surface area (Å²) in [5.41, 5.74) is 5.31. The number of hydrogen-bond donors (Lipinski definition) is 0. The van der Waals surface area contributed by atoms with Crippen molar-refractivity contribution < 1.29 is 0 Å². The Morgan fingerprint density at radius 2 is 1.45 bits per heavy atom. The molecule has 0 amide bonds. The molecule has 0 aliphatic heterocycles. The Labute approximate surface area is 126 Å². The Kier molecular flexibility index (Phi) is 3.88. The van der Waals surface area contributed by atoms with Crippen molar-refractivity contribution in [2.45, 2.75) is 47.0 Å². The summed E-state index contributed by atoms with van der Waals surface area (Å²) in [5.74, 6) is 0.780. The number of hydrogen-bond acceptors (Lipinski definition) is 2. The van der Waals surface area contributed by atoms with Gasteiger partial charge < -0.3 is 0 Å². The first-order valence-electron chi connectivity index (χ1n) is 6.82. The lowest BCUT2D eigenvalue weighted by Crippen LogP contribution is -2.17. The number of halogens is 1. The highest BCUT2D eigenvalue weighted by atomic mass is 35.5. The van der Waals surface area contributed by atoms with E-state index in [1.165, 1.54) is 11.1 Å². The molecule has 0 radical (unpaired) electrons. The molecule has 0 N–H and O–H groups in total. The van der Waals surface area contributed by atoms with Crippen LogP contribution in [0.5, 0.6) is 0 Å². The molecule has 1 heterocycles. The highest BCUT2D eigenvalue weighted by Gasteiger charge is 2.21. The maximum absolute atomic E-state index is 6.30. The van der Waals surface area contributed by atoms with Gasteiger partial charge in [0.2, 0.25) is 0 Å². The van der Waals surface area contributed by atoms with Crippen LogP contribution in [0.3, 0.4) is 0 Å². The first kappa shape index (κ1) is 15.0. The lowest BCUT2D eigenvalue weighted by atomic mass is 9.94. The van der Waals surface area contributed by atoms with Crippen molar-refractivity contribution >= 4 is 11.6 Å². The van der Waals surface area contributed by atoms with Gasteiger partial charge in [0.15, 0.2) is 0 Å². The van der Waals surface area contributed by atoms with Crippen molar-refractivity contribution in [3.8, 4) is 11.3 Å². The van der Waals surface area contributed by atoms with E-state index in [1.54, 1.807) is 0 Å². The molecule has 0 atom stereocenters. The largest absolute Gasteiger partial charge is 0.232 e. The van der Waals surface area contributed by atoms with Crippen LogP contribution in [0.15, 0.2) is 18.2 Å². The third kappa shape index (κ3) is 3.01. The summed E-state index contributed by atoms with van der Waals surface area (Å²) in [6.45, 7) is 12.5. The molecule has 2 aromatic rings. The van der Waals surface area contributed by atoms with Crippen molar-refractivity contribution in [3.05, 3.63) is 45.9 Å². The van der Waals surface area contributed by atoms with E-state index in [0.717, 1.165) is 22.6 Å². The molecule has 2 rings (SSSR count). The van der Waals surface area contributed by atoms with Crippen LogP contribution >= 0.6 is 11.6 Å². The van der Waals surface area contributed by atoms with Gasteiger partial charge in [-0.15, -0.1) is 0 Å². The number of aryl methyl sites for hydroxylation is 2. The molecule has 3 heteroatoms. The van der Waals surface area contributed by atoms with Crippen molar-refractivity contribution in [2.75, 3.05) is 0 Å². The molecule has 0 spiro atoms. The minimum Gasteiger partial charge on any atom is -0.232 e. The lowest BCUT2D eigenvalue weighted by Gasteiger charge is -2.19. The van der Waals surface area contributed by atoms with Gasteiger partial charge >= 0.3 is 0 Å². The van der Waals surface area contributed by atoms with E-state index in [1.807, 2.05) is 6.92 Å². The minimum atomic E-state index is -0.120. The second kappa shape index (κ2) is 5.17. The van der Waals surface area contributed by atoms with Crippen LogP contribution in [0.25, 0.3) is 11.3 Å². The van der Waals surface area contributed by atoms with Crippen molar-refractivity contribution in [2.24, 2.45) is 0 Å². The molecule has 106 valence electrons. The maximum atomic E-state index is 6.30. The van der Waals surface area contributed by atoms with E-state index in [0.29, 0.717) is 5.15 Å². The predicted molar refractivity (Wildman–Crippen MR) is 85.4 cm³/mol. The van der Waals surface area contributed by atoms with Gasteiger partial charge in [-0.05, 0) is 32.9 Å². The van der Waals surface area contributed by atoms with Gasteiger partial charge in [-0.25, -0.2) is 9.97 Å². The van der Waals surface area contributed by atoms with Gasteiger partial charge in [-0.3, -0.25) is 0 Å². The van der Waals surface area contributed by atoms with Crippen LogP contribution in [-0.4, -0.2) is 9.97 Å². The molecule has 1 aromatic heterocycles. The molecule has 20 heavy (non-hydrogen) atoms. The Hall–Kier alpha value is -1.41. The smallest absolute Gasteiger partial charge is 0.136 e. The van der Waals surface area contributed by atoms with E-state index < -0.39 is 0 Å². The molecular weight excluding hydrogens is 268 g/mol. The Bertz CT molecular complexity index is 635. The van der Waals surface area contributed by atoms with E-state index >= 15 is 0 Å². The fourth-order valence-electron chi connectivity index (χ4n) is 2.22. The lowest BCUT2D eigenvalue weighted by molar-refractivity contribution is 0.545. The van der Waals surface area contributed by atoms with Crippen LogP contribution in [0, 0.1) is 20.8 Å². The molecule has 0 saturated carbocycles. The normalized spacial score (nSPS) is 11.8. The quantitative estimate of drug-likeness (QED) is 0.689. The first-order valence-corrected chi connectivity index (χ1v) is 7.19. The second-order valence-electron chi connectivity index (χ2n) is 6.44. The zero-order valence-corrected chi connectivity index (χ0v) is 13.8. The van der Waals surface area contributed by atoms with Crippen LogP contribution in [-0.2, 0) is 5.41 Å². The summed E-state index contributed by atoms with van der Waals surface area (Å²) < 4.78 is 0. The van der Waals surface area contributed by atoms with Gasteiger partial charge in [0.1, 0.15) is 11.0 Å². The number of nitrogens with zero attached hydrogens (tertiary/aromatic N) is 2. The standard InChI is InChI=1S/C17H21ClN2/c1-10-7-11(2)9-13(8-10)14-12(3)15(18)20-16(19-14)17(4,5)6/h7-9H,1-6H3. The van der Waals surface area contributed by atoms with Gasteiger partial charge in [-0.1, -0.05) is 49.6 Å². The molecule has 0 aliphatic carbocycles. The Balaban J connectivity index is 2.70. The number of rotatable bonds is 1. The van der Waals surface area contributed by atoms with Crippen LogP contribution < -0.4 is 0 Å². The van der Waals surface area contributed by atoms with Gasteiger partial charge in [0, 0.05) is 16.5 Å². The first-order chi connectivity index (χ1) is 9.18. The Morgan fingerprint density at radius 3 is 1.95 bits per heavy atom. The number of benzene rings is 1. The minimum absolute atomic E-state index is 0.120. The topological polar surface area (TPSA) is 25.8 Å². The van der Waals surface area contributed by atoms with Crippen molar-refractivity contribution in [1.82, 2.24) is 9.97 Å². The highest BCUT2D eigenvalue weighted by Crippen LogP contribution is 2.30. The predicted octanol–water partition coefficient (Wildman–Crippen LogP) is 5.02. The fraction of sp³-hybridized carbons (Fsp3) is 0.412. The average molecular weight is 289 g/mol. The Morgan fingerprint density at radius 1 is 0.900 bits per heavy atom. The molecule has 0 aliphatic rings. The van der Waals surface area contributed by atoms with Crippen molar-refractivity contribution in [1.29, 1.82) is 0 Å². The van der Waals surface area contributed by atoms with E-state index in [-0.39, 0.29) is 5.41 Å². The molecule has 0 fully saturated rings. The van der Waals surface area contributed by atoms with Crippen LogP contribution in [0.1, 0.15) is 43.3 Å². The average Bonchev–Trinajstić information content (AvgIpc) is 2.29. The van der Waals surface area contributed by atoms with E-state index in [9.17, 15) is 0 Å². The zero-order chi connectivity index (χ0) is 15.1. The molecular formula is C17H21ClN2. The van der Waals surface area contributed by atoms with E-state index in [4.69, 9.17) is 16.6 Å². The summed E-state index contributed by atoms with van der Waals surface area (Å²) in [6.07, 6.45) is 0. The van der Waals surface area contributed by atoms with Gasteiger partial charge in [0.05, 0.1) is 5.69 Å². The summed E-state index contributed by atoms with van der Waals surface area (Å²) >= 11 is 6.30. The highest BCUT2D eigenvalue weighted by molar-refractivity contribution is 6.30. The van der Waals surface area contributed by atoms with Gasteiger partial charge in [-0.2, -0.15) is 0 Å². The molecule has 2 nitrogen and oxygen atoms in total. The maximum Gasteiger partial charge on any atom is 0.136 e. The van der Waals surface area contributed by atoms with Gasteiger partial charge in [0.25, 0.3) is 0 Å². The molecule has 0 saturated heterocycles. The van der Waals surface area contributed by atoms with Crippen LogP contribution in [0.2, 0.25) is 5.15 Å². The SMILES string of the molecule is Cc1cc(C)cc(-c2nc(C(C)(C)C)nc(Cl)c2C)c1. The van der Waals surface area contributed by atoms with Crippen LogP contribution in [0.4, 0.5) is 0 Å². The summed E-state index contributed by atoms with van der Waals surface area (Å²) in [4.78, 5) is 9.19.